The molecule has 0 unspecified atom stereocenters. The Morgan fingerprint density at radius 1 is 1.33 bits per heavy atom. The fourth-order valence-corrected chi connectivity index (χ4v) is 1.82. The summed E-state index contributed by atoms with van der Waals surface area (Å²) < 4.78 is 35.6. The quantitative estimate of drug-likeness (QED) is 0.853. The number of halogens is 2. The minimum absolute atomic E-state index is 0.0843. The number of nitrogens with one attached hydrogen (secondary N) is 1. The first-order valence-corrected chi connectivity index (χ1v) is 7.38. The van der Waals surface area contributed by atoms with Crippen molar-refractivity contribution < 1.29 is 17.6 Å². The second-order valence-corrected chi connectivity index (χ2v) is 7.35. The van der Waals surface area contributed by atoms with Crippen molar-refractivity contribution >= 4 is 31.3 Å². The van der Waals surface area contributed by atoms with Crippen molar-refractivity contribution in [2.75, 3.05) is 5.32 Å². The second-order valence-electron chi connectivity index (χ2n) is 4.78. The van der Waals surface area contributed by atoms with Crippen molar-refractivity contribution in [3.05, 3.63) is 24.0 Å². The van der Waals surface area contributed by atoms with E-state index in [-0.39, 0.29) is 16.5 Å². The molecule has 0 aliphatic rings. The third-order valence-electron chi connectivity index (χ3n) is 2.15. The van der Waals surface area contributed by atoms with Crippen molar-refractivity contribution in [2.24, 2.45) is 5.41 Å². The fourth-order valence-electron chi connectivity index (χ4n) is 1.06. The van der Waals surface area contributed by atoms with Crippen LogP contribution in [0.25, 0.3) is 0 Å². The van der Waals surface area contributed by atoms with E-state index in [1.54, 1.807) is 20.8 Å². The molecule has 0 saturated heterocycles. The van der Waals surface area contributed by atoms with Crippen LogP contribution in [-0.2, 0) is 13.8 Å². The van der Waals surface area contributed by atoms with Gasteiger partial charge < -0.3 is 5.32 Å². The molecule has 0 fully saturated rings. The first-order valence-electron chi connectivity index (χ1n) is 5.07. The molecule has 1 amide bonds. The van der Waals surface area contributed by atoms with Crippen LogP contribution in [0.1, 0.15) is 20.8 Å². The summed E-state index contributed by atoms with van der Waals surface area (Å²) in [5.41, 5.74) is -0.761. The lowest BCUT2D eigenvalue weighted by Gasteiger charge is -2.18. The van der Waals surface area contributed by atoms with Gasteiger partial charge in [0.2, 0.25) is 5.91 Å². The van der Waals surface area contributed by atoms with Crippen LogP contribution in [-0.4, -0.2) is 14.3 Å². The Balaban J connectivity index is 3.05. The summed E-state index contributed by atoms with van der Waals surface area (Å²) in [4.78, 5) is 11.3. The van der Waals surface area contributed by atoms with Crippen LogP contribution in [0.5, 0.6) is 0 Å². The van der Waals surface area contributed by atoms with Crippen molar-refractivity contribution in [3.63, 3.8) is 0 Å². The Kier molecular flexibility index (Phi) is 4.02. The maximum absolute atomic E-state index is 13.6. The third-order valence-corrected chi connectivity index (χ3v) is 3.50. The van der Waals surface area contributed by atoms with Gasteiger partial charge in [0.05, 0.1) is 10.6 Å². The van der Waals surface area contributed by atoms with Crippen LogP contribution in [0.3, 0.4) is 0 Å². The Bertz CT molecular complexity index is 578. The summed E-state index contributed by atoms with van der Waals surface area (Å²) >= 11 is 0. The lowest BCUT2D eigenvalue weighted by molar-refractivity contribution is -0.123. The molecule has 1 rings (SSSR count). The largest absolute Gasteiger partial charge is 0.323 e. The molecule has 1 aromatic carbocycles. The SMILES string of the molecule is CC(C)(C)C(=O)Nc1ccc(S(=O)(=O)Cl)cc1F. The predicted molar refractivity (Wildman–Crippen MR) is 67.5 cm³/mol. The second kappa shape index (κ2) is 4.85. The molecule has 1 aromatic rings. The number of hydrogen-bond acceptors (Lipinski definition) is 3. The average Bonchev–Trinajstić information content (AvgIpc) is 2.17. The summed E-state index contributed by atoms with van der Waals surface area (Å²) in [7, 11) is 1.10. The predicted octanol–water partition coefficient (Wildman–Crippen LogP) is 2.74. The van der Waals surface area contributed by atoms with Crippen molar-refractivity contribution in [1.29, 1.82) is 0 Å². The van der Waals surface area contributed by atoms with Crippen LogP contribution < -0.4 is 5.32 Å². The highest BCUT2D eigenvalue weighted by Crippen LogP contribution is 2.23. The zero-order valence-electron chi connectivity index (χ0n) is 10.1. The molecule has 1 N–H and O–H groups in total. The van der Waals surface area contributed by atoms with Crippen LogP contribution in [0.4, 0.5) is 10.1 Å². The zero-order valence-corrected chi connectivity index (χ0v) is 11.7. The van der Waals surface area contributed by atoms with E-state index in [0.29, 0.717) is 0 Å². The van der Waals surface area contributed by atoms with Gasteiger partial charge >= 0.3 is 0 Å². The molecule has 0 aromatic heterocycles. The van der Waals surface area contributed by atoms with Gasteiger partial charge in [0.1, 0.15) is 5.82 Å². The topological polar surface area (TPSA) is 63.2 Å². The highest BCUT2D eigenvalue weighted by atomic mass is 35.7. The monoisotopic (exact) mass is 293 g/mol. The van der Waals surface area contributed by atoms with Gasteiger partial charge in [0.25, 0.3) is 9.05 Å². The Hall–Kier alpha value is -1.14. The van der Waals surface area contributed by atoms with Crippen LogP contribution in [0.2, 0.25) is 0 Å². The minimum atomic E-state index is -3.98. The first kappa shape index (κ1) is 14.9. The van der Waals surface area contributed by atoms with Crippen molar-refractivity contribution in [3.8, 4) is 0 Å². The molecular weight excluding hydrogens is 281 g/mol. The number of rotatable bonds is 2. The van der Waals surface area contributed by atoms with Crippen LogP contribution in [0.15, 0.2) is 23.1 Å². The van der Waals surface area contributed by atoms with E-state index >= 15 is 0 Å². The molecule has 4 nitrogen and oxygen atoms in total. The van der Waals surface area contributed by atoms with E-state index in [4.69, 9.17) is 10.7 Å². The summed E-state index contributed by atoms with van der Waals surface area (Å²) in [6.45, 7) is 5.04. The highest BCUT2D eigenvalue weighted by molar-refractivity contribution is 8.13. The van der Waals surface area contributed by atoms with Gasteiger partial charge in [-0.3, -0.25) is 4.79 Å². The molecule has 0 atom stereocenters. The van der Waals surface area contributed by atoms with Crippen LogP contribution >= 0.6 is 10.7 Å². The average molecular weight is 294 g/mol. The maximum atomic E-state index is 13.6. The van der Waals surface area contributed by atoms with E-state index in [1.807, 2.05) is 0 Å². The number of hydrogen-bond donors (Lipinski definition) is 1. The Morgan fingerprint density at radius 2 is 1.89 bits per heavy atom. The van der Waals surface area contributed by atoms with Crippen molar-refractivity contribution in [2.45, 2.75) is 25.7 Å². The van der Waals surface area contributed by atoms with Gasteiger partial charge in [0, 0.05) is 16.1 Å². The summed E-state index contributed by atoms with van der Waals surface area (Å²) in [6, 6.07) is 3.05. The molecule has 0 bridgehead atoms. The molecule has 100 valence electrons. The normalized spacial score (nSPS) is 12.3. The fraction of sp³-hybridized carbons (Fsp3) is 0.364. The maximum Gasteiger partial charge on any atom is 0.261 e. The van der Waals surface area contributed by atoms with E-state index in [0.717, 1.165) is 18.2 Å². The first-order chi connectivity index (χ1) is 8.01. The molecule has 0 saturated carbocycles. The van der Waals surface area contributed by atoms with Gasteiger partial charge in [0.15, 0.2) is 0 Å². The van der Waals surface area contributed by atoms with Gasteiger partial charge in [-0.15, -0.1) is 0 Å². The molecule has 7 heteroatoms. The molecular formula is C11H13ClFNO3S. The summed E-state index contributed by atoms with van der Waals surface area (Å²) in [5.74, 6) is -1.22. The zero-order chi connectivity index (χ0) is 14.1. The Morgan fingerprint density at radius 3 is 2.28 bits per heavy atom. The standard InChI is InChI=1S/C11H13ClFNO3S/c1-11(2,3)10(15)14-9-5-4-7(6-8(9)13)18(12,16)17/h4-6H,1-3H3,(H,14,15). The number of benzene rings is 1. The van der Waals surface area contributed by atoms with E-state index in [9.17, 15) is 17.6 Å². The molecule has 0 aliphatic carbocycles. The molecule has 18 heavy (non-hydrogen) atoms. The minimum Gasteiger partial charge on any atom is -0.323 e. The lowest BCUT2D eigenvalue weighted by Crippen LogP contribution is -2.28. The number of anilines is 1. The Labute approximate surface area is 110 Å². The van der Waals surface area contributed by atoms with Gasteiger partial charge in [-0.2, -0.15) is 0 Å². The smallest absolute Gasteiger partial charge is 0.261 e. The molecule has 0 heterocycles. The van der Waals surface area contributed by atoms with Gasteiger partial charge in [-0.05, 0) is 18.2 Å². The van der Waals surface area contributed by atoms with E-state index < -0.39 is 20.3 Å². The van der Waals surface area contributed by atoms with Crippen LogP contribution in [0, 0.1) is 11.2 Å². The third kappa shape index (κ3) is 3.68. The summed E-state index contributed by atoms with van der Waals surface area (Å²) in [6.07, 6.45) is 0. The number of carbonyl (C=O) groups is 1. The molecule has 0 aliphatic heterocycles. The highest BCUT2D eigenvalue weighted by Gasteiger charge is 2.22. The van der Waals surface area contributed by atoms with Gasteiger partial charge in [-0.1, -0.05) is 20.8 Å². The lowest BCUT2D eigenvalue weighted by atomic mass is 9.95. The molecule has 0 spiro atoms. The summed E-state index contributed by atoms with van der Waals surface area (Å²) in [5, 5.41) is 2.38. The number of carbonyl (C=O) groups excluding carboxylic acids is 1. The van der Waals surface area contributed by atoms with E-state index in [1.165, 1.54) is 0 Å². The molecule has 0 radical (unpaired) electrons. The number of amides is 1. The van der Waals surface area contributed by atoms with E-state index in [2.05, 4.69) is 5.32 Å². The van der Waals surface area contributed by atoms with Crippen molar-refractivity contribution in [1.82, 2.24) is 0 Å². The van der Waals surface area contributed by atoms with Gasteiger partial charge in [-0.25, -0.2) is 12.8 Å².